The van der Waals surface area contributed by atoms with Gasteiger partial charge in [-0.1, -0.05) is 72.8 Å². The molecule has 2 fully saturated rings. The van der Waals surface area contributed by atoms with Crippen LogP contribution in [0.15, 0.2) is 109 Å². The number of thiocarbonyl (C=S) groups is 1. The zero-order valence-electron chi connectivity index (χ0n) is 25.6. The van der Waals surface area contributed by atoms with Gasteiger partial charge in [-0.15, -0.1) is 0 Å². The molecule has 0 N–H and O–H groups in total. The third-order valence-corrected chi connectivity index (χ3v) is 8.08. The average Bonchev–Trinajstić information content (AvgIpc) is 3.55. The first-order valence-corrected chi connectivity index (χ1v) is 15.2. The zero-order chi connectivity index (χ0) is 31.4. The minimum absolute atomic E-state index is 0.0741. The summed E-state index contributed by atoms with van der Waals surface area (Å²) in [6.45, 7) is 3.86. The van der Waals surface area contributed by atoms with Gasteiger partial charge in [0.15, 0.2) is 11.9 Å². The summed E-state index contributed by atoms with van der Waals surface area (Å²) in [4.78, 5) is 0. The fourth-order valence-electron chi connectivity index (χ4n) is 5.86. The molecule has 234 valence electrons. The van der Waals surface area contributed by atoms with Crippen molar-refractivity contribution < 1.29 is 37.9 Å². The smallest absolute Gasteiger partial charge is 0.360 e. The number of methoxy groups -OCH3 is 2. The Labute approximate surface area is 268 Å². The molecule has 0 amide bonds. The second-order valence-electron chi connectivity index (χ2n) is 11.2. The van der Waals surface area contributed by atoms with Crippen LogP contribution in [0, 0.1) is 0 Å². The van der Waals surface area contributed by atoms with Crippen LogP contribution in [0.3, 0.4) is 0 Å². The van der Waals surface area contributed by atoms with Crippen LogP contribution in [0.5, 0.6) is 17.2 Å². The van der Waals surface area contributed by atoms with E-state index in [-0.39, 0.29) is 11.8 Å². The third-order valence-electron chi connectivity index (χ3n) is 7.90. The fourth-order valence-corrected chi connectivity index (χ4v) is 6.05. The molecule has 0 aromatic heterocycles. The van der Waals surface area contributed by atoms with E-state index in [2.05, 4.69) is 12.1 Å². The molecule has 45 heavy (non-hydrogen) atoms. The Bertz CT molecular complexity index is 1510. The predicted molar refractivity (Wildman–Crippen MR) is 172 cm³/mol. The van der Waals surface area contributed by atoms with Gasteiger partial charge in [-0.3, -0.25) is 0 Å². The second-order valence-corrected chi connectivity index (χ2v) is 11.5. The molecule has 0 saturated carbocycles. The summed E-state index contributed by atoms with van der Waals surface area (Å²) in [5, 5.41) is -0.0741. The molecule has 0 spiro atoms. The zero-order valence-corrected chi connectivity index (χ0v) is 26.4. The second kappa shape index (κ2) is 13.2. The van der Waals surface area contributed by atoms with Gasteiger partial charge in [-0.2, -0.15) is 0 Å². The Kier molecular flexibility index (Phi) is 9.07. The van der Waals surface area contributed by atoms with Gasteiger partial charge in [0, 0.05) is 12.2 Å². The summed E-state index contributed by atoms with van der Waals surface area (Å²) < 4.78 is 48.7. The van der Waals surface area contributed by atoms with E-state index in [9.17, 15) is 0 Å². The monoisotopic (exact) mass is 628 g/mol. The maximum Gasteiger partial charge on any atom is 0.360 e. The molecule has 0 radical (unpaired) electrons. The molecule has 0 bridgehead atoms. The summed E-state index contributed by atoms with van der Waals surface area (Å²) in [5.74, 6) is 1.19. The van der Waals surface area contributed by atoms with Crippen LogP contribution >= 0.6 is 12.2 Å². The Morgan fingerprint density at radius 3 is 1.76 bits per heavy atom. The first-order valence-electron chi connectivity index (χ1n) is 14.7. The largest absolute Gasteiger partial charge is 0.497 e. The van der Waals surface area contributed by atoms with Gasteiger partial charge in [0.25, 0.3) is 0 Å². The van der Waals surface area contributed by atoms with E-state index < -0.39 is 36.0 Å². The molecule has 9 heteroatoms. The van der Waals surface area contributed by atoms with Crippen LogP contribution in [-0.4, -0.2) is 56.5 Å². The van der Waals surface area contributed by atoms with Gasteiger partial charge in [0.05, 0.1) is 20.8 Å². The van der Waals surface area contributed by atoms with Gasteiger partial charge >= 0.3 is 5.24 Å². The molecule has 4 atom stereocenters. The number of fused-ring (bicyclic) bond motifs is 1. The van der Waals surface area contributed by atoms with Crippen molar-refractivity contribution in [1.29, 1.82) is 0 Å². The van der Waals surface area contributed by atoms with Crippen molar-refractivity contribution in [3.8, 4) is 17.2 Å². The molecule has 4 aromatic rings. The lowest BCUT2D eigenvalue weighted by Gasteiger charge is -2.37. The highest BCUT2D eigenvalue weighted by Gasteiger charge is 2.57. The molecule has 0 unspecified atom stereocenters. The number of hydrogen-bond donors (Lipinski definition) is 0. The molecule has 2 aliphatic rings. The van der Waals surface area contributed by atoms with E-state index in [1.54, 1.807) is 26.4 Å². The van der Waals surface area contributed by atoms with E-state index in [0.29, 0.717) is 5.75 Å². The van der Waals surface area contributed by atoms with Crippen molar-refractivity contribution in [2.24, 2.45) is 0 Å². The Balaban J connectivity index is 1.33. The topological polar surface area (TPSA) is 73.8 Å². The summed E-state index contributed by atoms with van der Waals surface area (Å²) in [5.41, 5.74) is 1.72. The van der Waals surface area contributed by atoms with Crippen molar-refractivity contribution in [2.45, 2.75) is 49.8 Å². The molecular formula is C36H36O8S. The average molecular weight is 629 g/mol. The molecule has 2 aliphatic heterocycles. The number of hydrogen-bond acceptors (Lipinski definition) is 9. The predicted octanol–water partition coefficient (Wildman–Crippen LogP) is 6.64. The summed E-state index contributed by atoms with van der Waals surface area (Å²) in [6.07, 6.45) is -2.46. The number of para-hydroxylation sites is 1. The Morgan fingerprint density at radius 2 is 1.20 bits per heavy atom. The van der Waals surface area contributed by atoms with Gasteiger partial charge in [0.1, 0.15) is 35.1 Å². The number of rotatable bonds is 10. The van der Waals surface area contributed by atoms with Crippen molar-refractivity contribution in [3.63, 3.8) is 0 Å². The molecule has 0 aliphatic carbocycles. The van der Waals surface area contributed by atoms with Crippen LogP contribution < -0.4 is 14.2 Å². The maximum absolute atomic E-state index is 7.08. The Morgan fingerprint density at radius 1 is 0.689 bits per heavy atom. The van der Waals surface area contributed by atoms with Gasteiger partial charge in [-0.05, 0) is 66.9 Å². The normalized spacial score (nSPS) is 22.0. The summed E-state index contributed by atoms with van der Waals surface area (Å²) >= 11 is 5.41. The standard InChI is InChI=1S/C36H36O8S/c1-35(2)43-31-30(41-33(32(31)44-35)42-34(45)40-29-13-9-6-10-14-29)23-39-36(24-11-7-5-8-12-24,25-15-19-27(37-3)20-16-25)26-17-21-28(38-4)22-18-26/h5-22,30-33H,23H2,1-4H3/t30-,31-,32-,33+/m1/s1. The molecule has 8 nitrogen and oxygen atoms in total. The van der Waals surface area contributed by atoms with Crippen LogP contribution in [-0.2, 0) is 29.3 Å². The van der Waals surface area contributed by atoms with Crippen LogP contribution in [0.25, 0.3) is 0 Å². The SMILES string of the molecule is COc1ccc(C(OC[C@H]2O[C@@H](OC(=S)Oc3ccccc3)[C@@H]3OC(C)(C)O[C@@H]32)(c2ccccc2)c2ccc(OC)cc2)cc1. The highest BCUT2D eigenvalue weighted by molar-refractivity contribution is 7.79. The lowest BCUT2D eigenvalue weighted by Crippen LogP contribution is -2.39. The lowest BCUT2D eigenvalue weighted by atomic mass is 9.80. The van der Waals surface area contributed by atoms with Crippen molar-refractivity contribution >= 4 is 17.5 Å². The van der Waals surface area contributed by atoms with E-state index >= 15 is 0 Å². The van der Waals surface area contributed by atoms with Crippen LogP contribution in [0.1, 0.15) is 30.5 Å². The van der Waals surface area contributed by atoms with Crippen molar-refractivity contribution in [2.75, 3.05) is 20.8 Å². The fraction of sp³-hybridized carbons (Fsp3) is 0.306. The first kappa shape index (κ1) is 31.0. The molecule has 2 saturated heterocycles. The third kappa shape index (κ3) is 6.54. The highest BCUT2D eigenvalue weighted by atomic mass is 32.1. The molecule has 4 aromatic carbocycles. The minimum Gasteiger partial charge on any atom is -0.497 e. The van der Waals surface area contributed by atoms with Crippen LogP contribution in [0.2, 0.25) is 0 Å². The van der Waals surface area contributed by atoms with Crippen LogP contribution in [0.4, 0.5) is 0 Å². The molecule has 2 heterocycles. The van der Waals surface area contributed by atoms with Crippen molar-refractivity contribution in [3.05, 3.63) is 126 Å². The van der Waals surface area contributed by atoms with Gasteiger partial charge < -0.3 is 37.9 Å². The quantitative estimate of drug-likeness (QED) is 0.142. The molecule has 6 rings (SSSR count). The van der Waals surface area contributed by atoms with Gasteiger partial charge in [0.2, 0.25) is 6.29 Å². The minimum atomic E-state index is -1.03. The van der Waals surface area contributed by atoms with E-state index in [0.717, 1.165) is 28.2 Å². The first-order chi connectivity index (χ1) is 21.8. The summed E-state index contributed by atoms with van der Waals surface area (Å²) in [6, 6.07) is 35.0. The lowest BCUT2D eigenvalue weighted by molar-refractivity contribution is -0.225. The van der Waals surface area contributed by atoms with Gasteiger partial charge in [-0.25, -0.2) is 0 Å². The van der Waals surface area contributed by atoms with E-state index in [1.807, 2.05) is 98.8 Å². The van der Waals surface area contributed by atoms with E-state index in [4.69, 9.17) is 50.1 Å². The number of ether oxygens (including phenoxy) is 8. The number of benzene rings is 4. The Hall–Kier alpha value is -3.99. The highest BCUT2D eigenvalue weighted by Crippen LogP contribution is 2.44. The molecular weight excluding hydrogens is 592 g/mol. The summed E-state index contributed by atoms with van der Waals surface area (Å²) in [7, 11) is 3.29. The van der Waals surface area contributed by atoms with E-state index in [1.165, 1.54) is 0 Å². The maximum atomic E-state index is 7.08. The van der Waals surface area contributed by atoms with Crippen molar-refractivity contribution in [1.82, 2.24) is 0 Å².